The molecule has 0 aliphatic rings. The van der Waals surface area contributed by atoms with Gasteiger partial charge in [0.05, 0.1) is 4.90 Å². The predicted octanol–water partition coefficient (Wildman–Crippen LogP) is 5.39. The second-order valence-corrected chi connectivity index (χ2v) is 9.78. The van der Waals surface area contributed by atoms with E-state index in [1.165, 1.54) is 23.1 Å². The molecule has 0 saturated heterocycles. The third-order valence-electron chi connectivity index (χ3n) is 3.33. The van der Waals surface area contributed by atoms with Crippen LogP contribution in [-0.4, -0.2) is 19.8 Å². The minimum atomic E-state index is -3.28. The number of benzene rings is 3. The summed E-state index contributed by atoms with van der Waals surface area (Å²) in [6, 6.07) is 21.0. The van der Waals surface area contributed by atoms with E-state index in [-0.39, 0.29) is 10.6 Å². The largest absolute Gasteiger partial charge is 0.508 e. The Kier molecular flexibility index (Phi) is 5.80. The first-order valence-corrected chi connectivity index (χ1v) is 11.7. The molecule has 4 nitrogen and oxygen atoms in total. The van der Waals surface area contributed by atoms with E-state index in [1.54, 1.807) is 47.2 Å². The lowest BCUT2D eigenvalue weighted by Crippen LogP contribution is -1.97. The lowest BCUT2D eigenvalue weighted by molar-refractivity contribution is 0.474. The van der Waals surface area contributed by atoms with Crippen LogP contribution in [0.15, 0.2) is 87.5 Å². The Labute approximate surface area is 160 Å². The molecule has 0 spiro atoms. The van der Waals surface area contributed by atoms with Crippen LogP contribution in [0.4, 0.5) is 0 Å². The first-order chi connectivity index (χ1) is 12.4. The quantitative estimate of drug-likeness (QED) is 0.556. The van der Waals surface area contributed by atoms with Crippen LogP contribution in [0.1, 0.15) is 0 Å². The number of rotatable bonds is 6. The van der Waals surface area contributed by atoms with Crippen molar-refractivity contribution >= 4 is 31.4 Å². The second kappa shape index (κ2) is 8.07. The molecule has 3 aromatic rings. The number of phenols is 1. The molecule has 134 valence electrons. The zero-order chi connectivity index (χ0) is 18.6. The Morgan fingerprint density at radius 1 is 0.808 bits per heavy atom. The molecule has 7 heteroatoms. The molecule has 0 bridgehead atoms. The van der Waals surface area contributed by atoms with E-state index in [0.29, 0.717) is 11.5 Å². The van der Waals surface area contributed by atoms with Gasteiger partial charge in [-0.25, -0.2) is 8.42 Å². The second-order valence-electron chi connectivity index (χ2n) is 5.49. The van der Waals surface area contributed by atoms with Gasteiger partial charge in [-0.3, -0.25) is 0 Å². The summed E-state index contributed by atoms with van der Waals surface area (Å²) < 4.78 is 29.1. The molecule has 0 heterocycles. The van der Waals surface area contributed by atoms with Crippen LogP contribution < -0.4 is 4.74 Å². The zero-order valence-corrected chi connectivity index (χ0v) is 16.3. The maximum Gasteiger partial charge on any atom is 0.175 e. The smallest absolute Gasteiger partial charge is 0.175 e. The molecule has 0 saturated carbocycles. The van der Waals surface area contributed by atoms with Gasteiger partial charge in [-0.1, -0.05) is 39.8 Å². The van der Waals surface area contributed by atoms with Crippen molar-refractivity contribution in [3.8, 4) is 17.2 Å². The van der Waals surface area contributed by atoms with E-state index in [0.717, 1.165) is 9.79 Å². The topological polar surface area (TPSA) is 63.6 Å². The van der Waals surface area contributed by atoms with Crippen molar-refractivity contribution in [1.82, 2.24) is 0 Å². The molecular weight excluding hydrogens is 388 g/mol. The van der Waals surface area contributed by atoms with Crippen molar-refractivity contribution in [1.29, 1.82) is 0 Å². The number of phenolic OH excluding ortho intramolecular Hbond substituents is 1. The normalized spacial score (nSPS) is 11.3. The van der Waals surface area contributed by atoms with Crippen molar-refractivity contribution < 1.29 is 18.3 Å². The average Bonchev–Trinajstić information content (AvgIpc) is 2.60. The first kappa shape index (κ1) is 18.7. The van der Waals surface area contributed by atoms with Crippen molar-refractivity contribution in [2.45, 2.75) is 14.7 Å². The first-order valence-electron chi connectivity index (χ1n) is 7.62. The van der Waals surface area contributed by atoms with Crippen molar-refractivity contribution in [2.24, 2.45) is 0 Å². The van der Waals surface area contributed by atoms with E-state index >= 15 is 0 Å². The van der Waals surface area contributed by atoms with E-state index in [2.05, 4.69) is 0 Å². The highest BCUT2D eigenvalue weighted by Crippen LogP contribution is 2.39. The highest BCUT2D eigenvalue weighted by molar-refractivity contribution is 8.76. The zero-order valence-electron chi connectivity index (χ0n) is 13.8. The minimum Gasteiger partial charge on any atom is -0.508 e. The molecule has 0 fully saturated rings. The molecule has 0 atom stereocenters. The van der Waals surface area contributed by atoms with E-state index in [9.17, 15) is 13.5 Å². The summed E-state index contributed by atoms with van der Waals surface area (Å²) in [4.78, 5) is 2.15. The van der Waals surface area contributed by atoms with Crippen molar-refractivity contribution in [2.75, 3.05) is 6.26 Å². The van der Waals surface area contributed by atoms with Gasteiger partial charge in [0.15, 0.2) is 9.84 Å². The highest BCUT2D eigenvalue weighted by Gasteiger charge is 2.09. The molecule has 0 amide bonds. The van der Waals surface area contributed by atoms with Crippen molar-refractivity contribution in [3.05, 3.63) is 72.8 Å². The van der Waals surface area contributed by atoms with Gasteiger partial charge in [0.2, 0.25) is 0 Å². The van der Waals surface area contributed by atoms with Crippen LogP contribution in [0.3, 0.4) is 0 Å². The average molecular weight is 405 g/mol. The number of hydrogen-bond donors (Lipinski definition) is 1. The SMILES string of the molecule is CS(=O)(=O)c1cccc(Oc2cccc(SSc3cccc(O)c3)c2)c1. The van der Waals surface area contributed by atoms with Gasteiger partial charge in [0.1, 0.15) is 17.2 Å². The Morgan fingerprint density at radius 3 is 2.04 bits per heavy atom. The van der Waals surface area contributed by atoms with Gasteiger partial charge < -0.3 is 9.84 Å². The summed E-state index contributed by atoms with van der Waals surface area (Å²) in [5.74, 6) is 1.33. The van der Waals surface area contributed by atoms with E-state index < -0.39 is 9.84 Å². The van der Waals surface area contributed by atoms with Gasteiger partial charge in [-0.05, 0) is 54.6 Å². The summed E-state index contributed by atoms with van der Waals surface area (Å²) in [7, 11) is -0.202. The van der Waals surface area contributed by atoms with Crippen molar-refractivity contribution in [3.63, 3.8) is 0 Å². The van der Waals surface area contributed by atoms with Gasteiger partial charge >= 0.3 is 0 Å². The van der Waals surface area contributed by atoms with Gasteiger partial charge in [-0.2, -0.15) is 0 Å². The van der Waals surface area contributed by atoms with E-state index in [4.69, 9.17) is 4.74 Å². The summed E-state index contributed by atoms with van der Waals surface area (Å²) in [5, 5.41) is 9.51. The highest BCUT2D eigenvalue weighted by atomic mass is 33.1. The molecule has 1 N–H and O–H groups in total. The van der Waals surface area contributed by atoms with Gasteiger partial charge in [-0.15, -0.1) is 0 Å². The number of hydrogen-bond acceptors (Lipinski definition) is 6. The Bertz CT molecular complexity index is 1020. The van der Waals surface area contributed by atoms with Crippen LogP contribution in [0.25, 0.3) is 0 Å². The lowest BCUT2D eigenvalue weighted by atomic mass is 10.3. The molecule has 0 aromatic heterocycles. The fraction of sp³-hybridized carbons (Fsp3) is 0.0526. The monoisotopic (exact) mass is 404 g/mol. The van der Waals surface area contributed by atoms with Crippen LogP contribution >= 0.6 is 21.6 Å². The molecule has 0 aliphatic heterocycles. The number of sulfone groups is 1. The standard InChI is InChI=1S/C19H16O4S3/c1-26(21,22)19-10-4-7-16(13-19)23-15-6-3-9-18(12-15)25-24-17-8-2-5-14(20)11-17/h2-13,20H,1H3. The fourth-order valence-corrected chi connectivity index (χ4v) is 4.77. The van der Waals surface area contributed by atoms with Crippen LogP contribution in [-0.2, 0) is 9.84 Å². The van der Waals surface area contributed by atoms with Gasteiger partial charge in [0, 0.05) is 16.0 Å². The Morgan fingerprint density at radius 2 is 1.38 bits per heavy atom. The third-order valence-corrected chi connectivity index (χ3v) is 6.82. The van der Waals surface area contributed by atoms with E-state index in [1.807, 2.05) is 30.3 Å². The molecule has 3 aromatic carbocycles. The molecule has 26 heavy (non-hydrogen) atoms. The molecule has 0 aliphatic carbocycles. The predicted molar refractivity (Wildman–Crippen MR) is 106 cm³/mol. The lowest BCUT2D eigenvalue weighted by Gasteiger charge is -2.08. The van der Waals surface area contributed by atoms with Crippen LogP contribution in [0, 0.1) is 0 Å². The van der Waals surface area contributed by atoms with Crippen LogP contribution in [0.2, 0.25) is 0 Å². The fourth-order valence-electron chi connectivity index (χ4n) is 2.13. The molecule has 0 radical (unpaired) electrons. The minimum absolute atomic E-state index is 0.222. The number of aromatic hydroxyl groups is 1. The molecule has 3 rings (SSSR count). The summed E-state index contributed by atoms with van der Waals surface area (Å²) >= 11 is 0. The summed E-state index contributed by atoms with van der Waals surface area (Å²) in [6.45, 7) is 0. The maximum atomic E-state index is 11.7. The molecular formula is C19H16O4S3. The third kappa shape index (κ3) is 5.20. The summed E-state index contributed by atoms with van der Waals surface area (Å²) in [5.41, 5.74) is 0. The maximum absolute atomic E-state index is 11.7. The van der Waals surface area contributed by atoms with Gasteiger partial charge in [0.25, 0.3) is 0 Å². The number of ether oxygens (including phenoxy) is 1. The Hall–Kier alpha value is -2.09. The Balaban J connectivity index is 1.71. The van der Waals surface area contributed by atoms with Crippen LogP contribution in [0.5, 0.6) is 17.2 Å². The summed E-state index contributed by atoms with van der Waals surface area (Å²) in [6.07, 6.45) is 1.17. The molecule has 0 unspecified atom stereocenters.